The summed E-state index contributed by atoms with van der Waals surface area (Å²) in [6.45, 7) is 7.96. The highest BCUT2D eigenvalue weighted by Gasteiger charge is 2.28. The van der Waals surface area contributed by atoms with Crippen molar-refractivity contribution < 1.29 is 14.3 Å². The van der Waals surface area contributed by atoms with Crippen LogP contribution < -0.4 is 4.74 Å². The first-order valence-electron chi connectivity index (χ1n) is 7.13. The second-order valence-corrected chi connectivity index (χ2v) is 6.78. The van der Waals surface area contributed by atoms with Crippen molar-refractivity contribution in [3.8, 4) is 17.0 Å². The van der Waals surface area contributed by atoms with Crippen molar-refractivity contribution in [3.63, 3.8) is 0 Å². The van der Waals surface area contributed by atoms with Gasteiger partial charge in [-0.3, -0.25) is 5.10 Å². The van der Waals surface area contributed by atoms with Crippen molar-refractivity contribution in [2.45, 2.75) is 33.1 Å². The van der Waals surface area contributed by atoms with E-state index >= 15 is 0 Å². The fourth-order valence-corrected chi connectivity index (χ4v) is 2.61. The Morgan fingerprint density at radius 1 is 1.30 bits per heavy atom. The molecule has 0 aliphatic rings. The van der Waals surface area contributed by atoms with Gasteiger partial charge >= 0.3 is 6.16 Å². The van der Waals surface area contributed by atoms with Crippen LogP contribution in [0.25, 0.3) is 11.1 Å². The Hall–Kier alpha value is -1.72. The minimum atomic E-state index is -0.814. The molecule has 0 saturated heterocycles. The number of H-pyrrole nitrogens is 1. The highest BCUT2D eigenvalue weighted by Crippen LogP contribution is 2.41. The zero-order valence-corrected chi connectivity index (χ0v) is 14.9. The standard InChI is InChI=1S/C16H18Cl2N2O3/c1-5-22-15(21)23-14-12(13(19-20-14)16(2,3)4)10-7-6-9(17)8-11(10)18/h6-8H,5H2,1-4H3,(H,19,20). The van der Waals surface area contributed by atoms with Crippen LogP contribution in [0.1, 0.15) is 33.4 Å². The summed E-state index contributed by atoms with van der Waals surface area (Å²) < 4.78 is 10.0. The van der Waals surface area contributed by atoms with Crippen LogP contribution in [-0.4, -0.2) is 23.0 Å². The summed E-state index contributed by atoms with van der Waals surface area (Å²) in [6, 6.07) is 5.12. The molecule has 1 heterocycles. The fourth-order valence-electron chi connectivity index (χ4n) is 2.11. The van der Waals surface area contributed by atoms with E-state index in [-0.39, 0.29) is 17.9 Å². The van der Waals surface area contributed by atoms with Gasteiger partial charge in [-0.1, -0.05) is 50.0 Å². The molecule has 124 valence electrons. The predicted octanol–water partition coefficient (Wildman–Crippen LogP) is 5.22. The van der Waals surface area contributed by atoms with Gasteiger partial charge in [-0.05, 0) is 19.1 Å². The van der Waals surface area contributed by atoms with E-state index in [1.54, 1.807) is 25.1 Å². The largest absolute Gasteiger partial charge is 0.515 e. The third-order valence-corrected chi connectivity index (χ3v) is 3.67. The molecule has 0 atom stereocenters. The SMILES string of the molecule is CCOC(=O)Oc1n[nH]c(C(C)(C)C)c1-c1ccc(Cl)cc1Cl. The lowest BCUT2D eigenvalue weighted by Gasteiger charge is -2.19. The van der Waals surface area contributed by atoms with E-state index in [0.29, 0.717) is 21.2 Å². The van der Waals surface area contributed by atoms with Gasteiger partial charge < -0.3 is 9.47 Å². The maximum atomic E-state index is 11.6. The molecular formula is C16H18Cl2N2O3. The van der Waals surface area contributed by atoms with Gasteiger partial charge in [0.1, 0.15) is 0 Å². The highest BCUT2D eigenvalue weighted by molar-refractivity contribution is 6.36. The summed E-state index contributed by atoms with van der Waals surface area (Å²) in [7, 11) is 0. The Bertz CT molecular complexity index is 721. The molecule has 0 unspecified atom stereocenters. The summed E-state index contributed by atoms with van der Waals surface area (Å²) in [6.07, 6.45) is -0.814. The minimum Gasteiger partial charge on any atom is -0.434 e. The van der Waals surface area contributed by atoms with Crippen molar-refractivity contribution in [1.82, 2.24) is 10.2 Å². The molecule has 0 radical (unpaired) electrons. The number of halogens is 2. The number of carbonyl (C=O) groups excluding carboxylic acids is 1. The van der Waals surface area contributed by atoms with Gasteiger partial charge in [0.15, 0.2) is 0 Å². The molecule has 0 saturated carbocycles. The molecule has 0 aliphatic heterocycles. The number of aromatic nitrogens is 2. The molecule has 0 spiro atoms. The number of ether oxygens (including phenoxy) is 2. The van der Waals surface area contributed by atoms with Gasteiger partial charge in [0, 0.05) is 16.0 Å². The maximum absolute atomic E-state index is 11.6. The second-order valence-electron chi connectivity index (χ2n) is 5.94. The van der Waals surface area contributed by atoms with E-state index in [1.165, 1.54) is 0 Å². The molecule has 0 fully saturated rings. The lowest BCUT2D eigenvalue weighted by molar-refractivity contribution is 0.103. The van der Waals surface area contributed by atoms with E-state index < -0.39 is 6.16 Å². The van der Waals surface area contributed by atoms with Crippen molar-refractivity contribution in [1.29, 1.82) is 0 Å². The van der Waals surface area contributed by atoms with Gasteiger partial charge in [0.2, 0.25) is 0 Å². The van der Waals surface area contributed by atoms with Crippen molar-refractivity contribution in [2.75, 3.05) is 6.61 Å². The van der Waals surface area contributed by atoms with Gasteiger partial charge in [0.25, 0.3) is 5.88 Å². The molecule has 2 aromatic rings. The summed E-state index contributed by atoms with van der Waals surface area (Å²) in [4.78, 5) is 11.6. The van der Waals surface area contributed by atoms with Gasteiger partial charge in [0.05, 0.1) is 22.9 Å². The first-order valence-corrected chi connectivity index (χ1v) is 7.88. The number of hydrogen-bond acceptors (Lipinski definition) is 4. The summed E-state index contributed by atoms with van der Waals surface area (Å²) in [5, 5.41) is 8.00. The van der Waals surface area contributed by atoms with Crippen LogP contribution in [0.15, 0.2) is 18.2 Å². The Morgan fingerprint density at radius 2 is 2.00 bits per heavy atom. The van der Waals surface area contributed by atoms with Crippen molar-refractivity contribution >= 4 is 29.4 Å². The molecule has 1 aromatic carbocycles. The zero-order chi connectivity index (χ0) is 17.2. The highest BCUT2D eigenvalue weighted by atomic mass is 35.5. The first kappa shape index (κ1) is 17.6. The van der Waals surface area contributed by atoms with Gasteiger partial charge in [-0.15, -0.1) is 5.10 Å². The Morgan fingerprint density at radius 3 is 2.57 bits per heavy atom. The van der Waals surface area contributed by atoms with E-state index in [9.17, 15) is 4.79 Å². The molecule has 1 aromatic heterocycles. The van der Waals surface area contributed by atoms with Crippen molar-refractivity contribution in [2.24, 2.45) is 0 Å². The van der Waals surface area contributed by atoms with Crippen LogP contribution in [-0.2, 0) is 10.2 Å². The Labute approximate surface area is 144 Å². The van der Waals surface area contributed by atoms with Crippen LogP contribution in [0.3, 0.4) is 0 Å². The molecule has 23 heavy (non-hydrogen) atoms. The quantitative estimate of drug-likeness (QED) is 0.766. The third kappa shape index (κ3) is 3.98. The maximum Gasteiger partial charge on any atom is 0.515 e. The number of hydrogen-bond donors (Lipinski definition) is 1. The number of carbonyl (C=O) groups is 1. The van der Waals surface area contributed by atoms with Gasteiger partial charge in [-0.2, -0.15) is 0 Å². The fraction of sp³-hybridized carbons (Fsp3) is 0.375. The van der Waals surface area contributed by atoms with E-state index in [1.807, 2.05) is 20.8 Å². The van der Waals surface area contributed by atoms with Crippen LogP contribution >= 0.6 is 23.2 Å². The smallest absolute Gasteiger partial charge is 0.434 e. The zero-order valence-electron chi connectivity index (χ0n) is 13.4. The monoisotopic (exact) mass is 356 g/mol. The molecule has 1 N–H and O–H groups in total. The minimum absolute atomic E-state index is 0.123. The third-order valence-electron chi connectivity index (χ3n) is 3.13. The number of nitrogens with one attached hydrogen (secondary N) is 1. The molecular weight excluding hydrogens is 339 g/mol. The lowest BCUT2D eigenvalue weighted by Crippen LogP contribution is -2.14. The summed E-state index contributed by atoms with van der Waals surface area (Å²) >= 11 is 12.3. The van der Waals surface area contributed by atoms with Crippen LogP contribution in [0, 0.1) is 0 Å². The van der Waals surface area contributed by atoms with Crippen molar-refractivity contribution in [3.05, 3.63) is 33.9 Å². The van der Waals surface area contributed by atoms with Crippen LogP contribution in [0.5, 0.6) is 5.88 Å². The Balaban J connectivity index is 2.57. The number of benzene rings is 1. The first-order chi connectivity index (χ1) is 10.7. The van der Waals surface area contributed by atoms with Crippen LogP contribution in [0.2, 0.25) is 10.0 Å². The number of nitrogens with zero attached hydrogens (tertiary/aromatic N) is 1. The lowest BCUT2D eigenvalue weighted by atomic mass is 9.87. The predicted molar refractivity (Wildman–Crippen MR) is 90.4 cm³/mol. The number of aromatic amines is 1. The average molecular weight is 357 g/mol. The molecule has 7 heteroatoms. The molecule has 2 rings (SSSR count). The van der Waals surface area contributed by atoms with Gasteiger partial charge in [-0.25, -0.2) is 4.79 Å². The summed E-state index contributed by atoms with van der Waals surface area (Å²) in [5.74, 6) is 0.123. The van der Waals surface area contributed by atoms with Crippen LogP contribution in [0.4, 0.5) is 4.79 Å². The molecule has 5 nitrogen and oxygen atoms in total. The van der Waals surface area contributed by atoms with E-state index in [2.05, 4.69) is 10.2 Å². The molecule has 0 bridgehead atoms. The second kappa shape index (κ2) is 6.81. The average Bonchev–Trinajstić information content (AvgIpc) is 2.82. The normalized spacial score (nSPS) is 11.4. The molecule has 0 amide bonds. The summed E-state index contributed by atoms with van der Waals surface area (Å²) in [5.41, 5.74) is 1.82. The molecule has 0 aliphatic carbocycles. The van der Waals surface area contributed by atoms with E-state index in [4.69, 9.17) is 32.7 Å². The van der Waals surface area contributed by atoms with E-state index in [0.717, 1.165) is 5.69 Å². The number of rotatable bonds is 3. The Kier molecular flexibility index (Phi) is 5.22. The topological polar surface area (TPSA) is 64.2 Å².